The van der Waals surface area contributed by atoms with Crippen LogP contribution in [0.25, 0.3) is 6.08 Å². The molecular weight excluding hydrogens is 454 g/mol. The van der Waals surface area contributed by atoms with Crippen molar-refractivity contribution in [2.45, 2.75) is 65.4 Å². The normalized spacial score (nSPS) is 24.1. The molecule has 186 valence electrons. The Kier molecular flexibility index (Phi) is 8.96. The van der Waals surface area contributed by atoms with Gasteiger partial charge in [-0.3, -0.25) is 14.5 Å². The molecule has 1 heterocycles. The summed E-state index contributed by atoms with van der Waals surface area (Å²) in [5.41, 5.74) is 3.62. The number of benzene rings is 1. The third-order valence-electron chi connectivity index (χ3n) is 7.24. The van der Waals surface area contributed by atoms with E-state index in [4.69, 9.17) is 11.6 Å². The molecule has 34 heavy (non-hydrogen) atoms. The van der Waals surface area contributed by atoms with Crippen molar-refractivity contribution in [1.82, 2.24) is 4.90 Å². The minimum Gasteiger partial charge on any atom is -0.508 e. The molecule has 1 aromatic carbocycles. The second-order valence-corrected chi connectivity index (χ2v) is 9.69. The van der Waals surface area contributed by atoms with Crippen molar-refractivity contribution in [1.29, 1.82) is 0 Å². The van der Waals surface area contributed by atoms with Gasteiger partial charge in [-0.1, -0.05) is 49.6 Å². The first-order valence-corrected chi connectivity index (χ1v) is 12.7. The first-order chi connectivity index (χ1) is 16.3. The summed E-state index contributed by atoms with van der Waals surface area (Å²) in [7, 11) is 0. The number of nitrogens with zero attached hydrogens (tertiary/aromatic N) is 1. The van der Waals surface area contributed by atoms with Gasteiger partial charge in [0.2, 0.25) is 11.8 Å². The van der Waals surface area contributed by atoms with Crippen LogP contribution in [-0.4, -0.2) is 51.3 Å². The van der Waals surface area contributed by atoms with Crippen molar-refractivity contribution in [2.24, 2.45) is 17.8 Å². The second-order valence-electron chi connectivity index (χ2n) is 9.28. The van der Waals surface area contributed by atoms with Crippen molar-refractivity contribution >= 4 is 29.5 Å². The van der Waals surface area contributed by atoms with E-state index >= 15 is 0 Å². The molecule has 0 aromatic heterocycles. The number of aliphatic hydroxyl groups excluding tert-OH is 2. The van der Waals surface area contributed by atoms with Crippen LogP contribution in [0, 0.1) is 17.8 Å². The summed E-state index contributed by atoms with van der Waals surface area (Å²) in [6.45, 7) is 6.09. The number of carbonyl (C=O) groups is 2. The van der Waals surface area contributed by atoms with Gasteiger partial charge in [-0.25, -0.2) is 0 Å². The molecule has 4 atom stereocenters. The number of aromatic hydroxyl groups is 1. The maximum Gasteiger partial charge on any atom is 0.233 e. The van der Waals surface area contributed by atoms with Gasteiger partial charge in [0.25, 0.3) is 0 Å². The molecule has 7 heteroatoms. The van der Waals surface area contributed by atoms with Crippen LogP contribution in [0.4, 0.5) is 0 Å². The summed E-state index contributed by atoms with van der Waals surface area (Å²) in [6, 6.07) is 4.85. The lowest BCUT2D eigenvalue weighted by atomic mass is 9.67. The molecule has 6 nitrogen and oxygen atoms in total. The Labute approximate surface area is 206 Å². The Morgan fingerprint density at radius 3 is 2.56 bits per heavy atom. The van der Waals surface area contributed by atoms with Gasteiger partial charge in [0.15, 0.2) is 0 Å². The number of imide groups is 1. The predicted molar refractivity (Wildman–Crippen MR) is 133 cm³/mol. The van der Waals surface area contributed by atoms with E-state index in [9.17, 15) is 24.9 Å². The minimum absolute atomic E-state index is 0.109. The van der Waals surface area contributed by atoms with Crippen molar-refractivity contribution in [3.63, 3.8) is 0 Å². The van der Waals surface area contributed by atoms with Gasteiger partial charge in [0, 0.05) is 12.5 Å². The first kappa shape index (κ1) is 26.5. The van der Waals surface area contributed by atoms with Crippen molar-refractivity contribution < 1.29 is 24.9 Å². The smallest absolute Gasteiger partial charge is 0.233 e. The molecule has 1 aliphatic heterocycles. The predicted octanol–water partition coefficient (Wildman–Crippen LogP) is 4.71. The number of fused-ring (bicyclic) bond motifs is 1. The Balaban J connectivity index is 1.82. The Bertz CT molecular complexity index is 985. The highest BCUT2D eigenvalue weighted by Gasteiger charge is 2.54. The van der Waals surface area contributed by atoms with Crippen molar-refractivity contribution in [3.05, 3.63) is 45.5 Å². The minimum atomic E-state index is -0.804. The van der Waals surface area contributed by atoms with E-state index in [1.807, 2.05) is 26.8 Å². The highest BCUT2D eigenvalue weighted by molar-refractivity contribution is 6.32. The average Bonchev–Trinajstić information content (AvgIpc) is 3.06. The van der Waals surface area contributed by atoms with Gasteiger partial charge in [-0.05, 0) is 67.9 Å². The van der Waals surface area contributed by atoms with Gasteiger partial charge < -0.3 is 15.3 Å². The SMILES string of the molecule is CCCN1C(=O)[C@@H]2[C@@H](CC(CC)=C([C@H](O)CC/C(=C/c3ccc(O)cc3Cl)CC)[C@@H]2CO)C1=O. The van der Waals surface area contributed by atoms with E-state index in [0.717, 1.165) is 28.7 Å². The van der Waals surface area contributed by atoms with E-state index in [1.54, 1.807) is 12.1 Å². The quantitative estimate of drug-likeness (QED) is 0.326. The Hall–Kier alpha value is -2.15. The van der Waals surface area contributed by atoms with E-state index in [0.29, 0.717) is 43.7 Å². The number of phenolic OH excluding ortho intramolecular Hbond substituents is 1. The number of halogens is 1. The lowest BCUT2D eigenvalue weighted by Gasteiger charge is -2.36. The number of likely N-dealkylation sites (tertiary alicyclic amines) is 1. The third-order valence-corrected chi connectivity index (χ3v) is 7.57. The number of allylic oxidation sites excluding steroid dienone is 2. The summed E-state index contributed by atoms with van der Waals surface area (Å²) < 4.78 is 0. The van der Waals surface area contributed by atoms with Crippen LogP contribution >= 0.6 is 11.6 Å². The van der Waals surface area contributed by atoms with Gasteiger partial charge >= 0.3 is 0 Å². The molecule has 0 spiro atoms. The zero-order chi connectivity index (χ0) is 25.0. The summed E-state index contributed by atoms with van der Waals surface area (Å²) in [6.07, 6.45) is 4.85. The Morgan fingerprint density at radius 2 is 1.97 bits per heavy atom. The van der Waals surface area contributed by atoms with Crippen LogP contribution in [0.5, 0.6) is 5.75 Å². The average molecular weight is 490 g/mol. The molecule has 1 fully saturated rings. The lowest BCUT2D eigenvalue weighted by Crippen LogP contribution is -2.39. The molecule has 2 aliphatic rings. The fourth-order valence-corrected chi connectivity index (χ4v) is 5.72. The number of aliphatic hydroxyl groups is 2. The molecule has 1 saturated heterocycles. The van der Waals surface area contributed by atoms with E-state index in [-0.39, 0.29) is 24.2 Å². The molecule has 0 bridgehead atoms. The van der Waals surface area contributed by atoms with E-state index in [1.165, 1.54) is 11.0 Å². The molecular formula is C27H36ClNO5. The third kappa shape index (κ3) is 5.24. The maximum atomic E-state index is 13.1. The van der Waals surface area contributed by atoms with Crippen LogP contribution in [0.3, 0.4) is 0 Å². The summed E-state index contributed by atoms with van der Waals surface area (Å²) in [5, 5.41) is 31.6. The molecule has 0 radical (unpaired) electrons. The largest absolute Gasteiger partial charge is 0.508 e. The summed E-state index contributed by atoms with van der Waals surface area (Å²) >= 11 is 6.25. The van der Waals surface area contributed by atoms with Crippen LogP contribution in [-0.2, 0) is 9.59 Å². The molecule has 2 amide bonds. The fraction of sp³-hybridized carbons (Fsp3) is 0.556. The molecule has 0 unspecified atom stereocenters. The molecule has 1 aromatic rings. The number of hydrogen-bond donors (Lipinski definition) is 3. The number of carbonyl (C=O) groups excluding carboxylic acids is 2. The Morgan fingerprint density at radius 1 is 1.24 bits per heavy atom. The number of phenols is 1. The zero-order valence-corrected chi connectivity index (χ0v) is 21.0. The van der Waals surface area contributed by atoms with Crippen molar-refractivity contribution in [2.75, 3.05) is 13.2 Å². The van der Waals surface area contributed by atoms with Gasteiger partial charge in [0.05, 0.1) is 29.6 Å². The second kappa shape index (κ2) is 11.5. The molecule has 3 rings (SSSR count). The maximum absolute atomic E-state index is 13.1. The number of rotatable bonds is 10. The summed E-state index contributed by atoms with van der Waals surface area (Å²) in [4.78, 5) is 27.4. The van der Waals surface area contributed by atoms with Crippen LogP contribution in [0.1, 0.15) is 64.9 Å². The van der Waals surface area contributed by atoms with Gasteiger partial charge in [-0.2, -0.15) is 0 Å². The van der Waals surface area contributed by atoms with Crippen LogP contribution in [0.2, 0.25) is 5.02 Å². The lowest BCUT2D eigenvalue weighted by molar-refractivity contribution is -0.140. The van der Waals surface area contributed by atoms with E-state index in [2.05, 4.69) is 0 Å². The highest BCUT2D eigenvalue weighted by Crippen LogP contribution is 2.47. The monoisotopic (exact) mass is 489 g/mol. The zero-order valence-electron chi connectivity index (χ0n) is 20.3. The van der Waals surface area contributed by atoms with E-state index < -0.39 is 23.9 Å². The van der Waals surface area contributed by atoms with Crippen LogP contribution < -0.4 is 0 Å². The standard InChI is InChI=1S/C27H36ClNO5/c1-4-11-29-26(33)20-13-17(6-3)24(21(15-30)25(20)27(29)34)23(32)10-7-16(5-2)12-18-8-9-19(31)14-22(18)28/h8-9,12,14,20-21,23,25,30-32H,4-7,10-11,13,15H2,1-3H3/b16-12+/t20-,21+,23-,25-/m1/s1. The van der Waals surface area contributed by atoms with Gasteiger partial charge in [-0.15, -0.1) is 0 Å². The van der Waals surface area contributed by atoms with Crippen molar-refractivity contribution in [3.8, 4) is 5.75 Å². The molecule has 0 saturated carbocycles. The molecule has 1 aliphatic carbocycles. The topological polar surface area (TPSA) is 98.1 Å². The first-order valence-electron chi connectivity index (χ1n) is 12.3. The van der Waals surface area contributed by atoms with Crippen LogP contribution in [0.15, 0.2) is 34.9 Å². The molecule has 3 N–H and O–H groups in total. The fourth-order valence-electron chi connectivity index (χ4n) is 5.49. The highest BCUT2D eigenvalue weighted by atomic mass is 35.5. The summed E-state index contributed by atoms with van der Waals surface area (Å²) in [5.74, 6) is -1.82. The number of hydrogen-bond acceptors (Lipinski definition) is 5. The number of amides is 2. The van der Waals surface area contributed by atoms with Gasteiger partial charge in [0.1, 0.15) is 5.75 Å².